The van der Waals surface area contributed by atoms with Crippen LogP contribution in [0, 0.1) is 6.92 Å². The topological polar surface area (TPSA) is 71.1 Å². The highest BCUT2D eigenvalue weighted by molar-refractivity contribution is 5.90. The number of nitrogens with one attached hydrogen (secondary N) is 1. The first-order chi connectivity index (χ1) is 10.1. The summed E-state index contributed by atoms with van der Waals surface area (Å²) in [4.78, 5) is 17.8. The zero-order valence-corrected chi connectivity index (χ0v) is 12.6. The third-order valence-electron chi connectivity index (χ3n) is 3.18. The SMILES string of the molecule is CCc1nc(C(=O)N(C)CCOc2ccccc2C)n[nH]1. The molecule has 0 radical (unpaired) electrons. The highest BCUT2D eigenvalue weighted by Gasteiger charge is 2.16. The van der Waals surface area contributed by atoms with Gasteiger partial charge in [0, 0.05) is 13.5 Å². The van der Waals surface area contributed by atoms with Crippen molar-refractivity contribution < 1.29 is 9.53 Å². The van der Waals surface area contributed by atoms with Crippen LogP contribution < -0.4 is 4.74 Å². The van der Waals surface area contributed by atoms with Crippen molar-refractivity contribution in [2.45, 2.75) is 20.3 Å². The minimum atomic E-state index is -0.209. The number of aromatic amines is 1. The Kier molecular flexibility index (Phi) is 4.92. The Labute approximate surface area is 124 Å². The molecule has 0 bridgehead atoms. The van der Waals surface area contributed by atoms with E-state index in [0.717, 1.165) is 17.7 Å². The van der Waals surface area contributed by atoms with Gasteiger partial charge in [-0.2, -0.15) is 0 Å². The minimum absolute atomic E-state index is 0.199. The van der Waals surface area contributed by atoms with Crippen molar-refractivity contribution in [3.8, 4) is 5.75 Å². The van der Waals surface area contributed by atoms with Crippen molar-refractivity contribution >= 4 is 5.91 Å². The normalized spacial score (nSPS) is 10.4. The Bertz CT molecular complexity index is 609. The number of para-hydroxylation sites is 1. The molecule has 1 amide bonds. The van der Waals surface area contributed by atoms with Gasteiger partial charge in [0.2, 0.25) is 5.82 Å². The van der Waals surface area contributed by atoms with Gasteiger partial charge in [0.1, 0.15) is 18.2 Å². The van der Waals surface area contributed by atoms with E-state index in [9.17, 15) is 4.79 Å². The summed E-state index contributed by atoms with van der Waals surface area (Å²) in [5, 5.41) is 6.66. The van der Waals surface area contributed by atoms with Gasteiger partial charge in [-0.3, -0.25) is 9.89 Å². The van der Waals surface area contributed by atoms with Gasteiger partial charge in [0.25, 0.3) is 5.91 Å². The smallest absolute Gasteiger partial charge is 0.293 e. The minimum Gasteiger partial charge on any atom is -0.491 e. The lowest BCUT2D eigenvalue weighted by molar-refractivity contribution is 0.0762. The molecule has 1 aromatic heterocycles. The van der Waals surface area contributed by atoms with E-state index in [1.807, 2.05) is 38.1 Å². The van der Waals surface area contributed by atoms with Crippen LogP contribution in [-0.2, 0) is 6.42 Å². The van der Waals surface area contributed by atoms with Crippen LogP contribution >= 0.6 is 0 Å². The number of rotatable bonds is 6. The molecule has 112 valence electrons. The van der Waals surface area contributed by atoms with E-state index in [1.54, 1.807) is 11.9 Å². The summed E-state index contributed by atoms with van der Waals surface area (Å²) in [5.41, 5.74) is 1.08. The lowest BCUT2D eigenvalue weighted by atomic mass is 10.2. The zero-order valence-electron chi connectivity index (χ0n) is 12.6. The number of aryl methyl sites for hydroxylation is 2. The van der Waals surface area contributed by atoms with Crippen molar-refractivity contribution in [3.05, 3.63) is 41.5 Å². The third-order valence-corrected chi connectivity index (χ3v) is 3.18. The van der Waals surface area contributed by atoms with Crippen LogP contribution in [0.2, 0.25) is 0 Å². The predicted molar refractivity (Wildman–Crippen MR) is 79.4 cm³/mol. The average Bonchev–Trinajstić information content (AvgIpc) is 2.97. The number of hydrogen-bond acceptors (Lipinski definition) is 4. The highest BCUT2D eigenvalue weighted by atomic mass is 16.5. The first-order valence-electron chi connectivity index (χ1n) is 6.97. The molecule has 2 rings (SSSR count). The lowest BCUT2D eigenvalue weighted by Gasteiger charge is -2.16. The molecule has 0 aliphatic heterocycles. The number of aromatic nitrogens is 3. The molecule has 2 aromatic rings. The summed E-state index contributed by atoms with van der Waals surface area (Å²) in [6.07, 6.45) is 0.723. The number of benzene rings is 1. The second-order valence-corrected chi connectivity index (χ2v) is 4.80. The highest BCUT2D eigenvalue weighted by Crippen LogP contribution is 2.15. The molecule has 0 aliphatic carbocycles. The fourth-order valence-corrected chi connectivity index (χ4v) is 1.83. The second-order valence-electron chi connectivity index (χ2n) is 4.80. The van der Waals surface area contributed by atoms with Gasteiger partial charge in [-0.05, 0) is 18.6 Å². The second kappa shape index (κ2) is 6.88. The summed E-state index contributed by atoms with van der Waals surface area (Å²) in [6.45, 7) is 4.85. The number of H-pyrrole nitrogens is 1. The van der Waals surface area contributed by atoms with Gasteiger partial charge in [-0.15, -0.1) is 5.10 Å². The Morgan fingerprint density at radius 3 is 2.81 bits per heavy atom. The largest absolute Gasteiger partial charge is 0.491 e. The first kappa shape index (κ1) is 15.0. The molecule has 1 aromatic carbocycles. The molecule has 0 saturated carbocycles. The molecule has 0 fully saturated rings. The van der Waals surface area contributed by atoms with E-state index < -0.39 is 0 Å². The van der Waals surface area contributed by atoms with Crippen molar-refractivity contribution in [1.82, 2.24) is 20.1 Å². The van der Waals surface area contributed by atoms with Crippen molar-refractivity contribution in [1.29, 1.82) is 0 Å². The number of ether oxygens (including phenoxy) is 1. The van der Waals surface area contributed by atoms with Gasteiger partial charge >= 0.3 is 0 Å². The Hall–Kier alpha value is -2.37. The van der Waals surface area contributed by atoms with E-state index in [4.69, 9.17) is 4.74 Å². The molecule has 1 heterocycles. The molecule has 6 nitrogen and oxygen atoms in total. The first-order valence-corrected chi connectivity index (χ1v) is 6.97. The van der Waals surface area contributed by atoms with E-state index in [1.165, 1.54) is 0 Å². The summed E-state index contributed by atoms with van der Waals surface area (Å²) in [6, 6.07) is 7.80. The van der Waals surface area contributed by atoms with Gasteiger partial charge in [0.05, 0.1) is 6.54 Å². The van der Waals surface area contributed by atoms with Crippen LogP contribution in [0.25, 0.3) is 0 Å². The maximum absolute atomic E-state index is 12.1. The lowest BCUT2D eigenvalue weighted by Crippen LogP contribution is -2.31. The van der Waals surface area contributed by atoms with Crippen LogP contribution in [0.1, 0.15) is 28.9 Å². The van der Waals surface area contributed by atoms with Crippen LogP contribution in [0.3, 0.4) is 0 Å². The quantitative estimate of drug-likeness (QED) is 0.880. The molecule has 0 saturated heterocycles. The summed E-state index contributed by atoms with van der Waals surface area (Å²) in [7, 11) is 1.71. The fraction of sp³-hybridized carbons (Fsp3) is 0.400. The van der Waals surface area contributed by atoms with Gasteiger partial charge in [-0.1, -0.05) is 25.1 Å². The maximum Gasteiger partial charge on any atom is 0.293 e. The molecule has 1 N–H and O–H groups in total. The molecular weight excluding hydrogens is 268 g/mol. The number of likely N-dealkylation sites (N-methyl/N-ethyl adjacent to an activating group) is 1. The summed E-state index contributed by atoms with van der Waals surface area (Å²) < 4.78 is 5.68. The Morgan fingerprint density at radius 1 is 1.38 bits per heavy atom. The van der Waals surface area contributed by atoms with Gasteiger partial charge in [-0.25, -0.2) is 4.98 Å². The van der Waals surface area contributed by atoms with Crippen LogP contribution in [-0.4, -0.2) is 46.2 Å². The Balaban J connectivity index is 1.85. The van der Waals surface area contributed by atoms with Crippen molar-refractivity contribution in [2.75, 3.05) is 20.2 Å². The van der Waals surface area contributed by atoms with E-state index in [-0.39, 0.29) is 11.7 Å². The van der Waals surface area contributed by atoms with E-state index >= 15 is 0 Å². The number of carbonyl (C=O) groups is 1. The van der Waals surface area contributed by atoms with Crippen LogP contribution in [0.5, 0.6) is 5.75 Å². The average molecular weight is 288 g/mol. The van der Waals surface area contributed by atoms with Gasteiger partial charge < -0.3 is 9.64 Å². The predicted octanol–water partition coefficient (Wildman–Crippen LogP) is 1.83. The van der Waals surface area contributed by atoms with E-state index in [0.29, 0.717) is 19.0 Å². The number of carbonyl (C=O) groups excluding carboxylic acids is 1. The molecule has 0 aliphatic rings. The summed E-state index contributed by atoms with van der Waals surface area (Å²) in [5.74, 6) is 1.54. The number of amides is 1. The molecule has 0 spiro atoms. The Morgan fingerprint density at radius 2 is 2.14 bits per heavy atom. The van der Waals surface area contributed by atoms with Crippen molar-refractivity contribution in [3.63, 3.8) is 0 Å². The van der Waals surface area contributed by atoms with Gasteiger partial charge in [0.15, 0.2) is 0 Å². The molecule has 0 unspecified atom stereocenters. The zero-order chi connectivity index (χ0) is 15.2. The molecule has 6 heteroatoms. The third kappa shape index (κ3) is 3.81. The standard InChI is InChI=1S/C15H20N4O2/c1-4-13-16-14(18-17-13)15(20)19(3)9-10-21-12-8-6-5-7-11(12)2/h5-8H,4,9-10H2,1-3H3,(H,16,17,18). The molecule has 21 heavy (non-hydrogen) atoms. The monoisotopic (exact) mass is 288 g/mol. The number of nitrogens with zero attached hydrogens (tertiary/aromatic N) is 3. The fourth-order valence-electron chi connectivity index (χ4n) is 1.83. The van der Waals surface area contributed by atoms with E-state index in [2.05, 4.69) is 15.2 Å². The maximum atomic E-state index is 12.1. The van der Waals surface area contributed by atoms with Crippen molar-refractivity contribution in [2.24, 2.45) is 0 Å². The van der Waals surface area contributed by atoms with Crippen LogP contribution in [0.15, 0.2) is 24.3 Å². The molecular formula is C15H20N4O2. The number of hydrogen-bond donors (Lipinski definition) is 1. The van der Waals surface area contributed by atoms with Crippen LogP contribution in [0.4, 0.5) is 0 Å². The summed E-state index contributed by atoms with van der Waals surface area (Å²) >= 11 is 0. The molecule has 0 atom stereocenters.